The lowest BCUT2D eigenvalue weighted by Gasteiger charge is -2.16. The van der Waals surface area contributed by atoms with Gasteiger partial charge in [0, 0.05) is 55.5 Å². The molecule has 6 heteroatoms. The van der Waals surface area contributed by atoms with E-state index in [0.717, 1.165) is 60.8 Å². The molecule has 2 saturated heterocycles. The second kappa shape index (κ2) is 6.96. The molecule has 0 aliphatic carbocycles. The van der Waals surface area contributed by atoms with Gasteiger partial charge in [0.05, 0.1) is 10.7 Å². The zero-order chi connectivity index (χ0) is 17.2. The number of carbonyl (C=O) groups is 2. The minimum atomic E-state index is 0.200. The second-order valence-electron chi connectivity index (χ2n) is 6.56. The zero-order valence-corrected chi connectivity index (χ0v) is 14.9. The van der Waals surface area contributed by atoms with Gasteiger partial charge in [0.2, 0.25) is 11.8 Å². The van der Waals surface area contributed by atoms with Crippen LogP contribution in [0.5, 0.6) is 0 Å². The van der Waals surface area contributed by atoms with Crippen LogP contribution in [0.2, 0.25) is 0 Å². The molecule has 0 atom stereocenters. The number of benzene rings is 1. The number of amides is 2. The lowest BCUT2D eigenvalue weighted by atomic mass is 10.1. The summed E-state index contributed by atoms with van der Waals surface area (Å²) >= 11 is 1.64. The summed E-state index contributed by atoms with van der Waals surface area (Å²) in [5, 5.41) is 3.11. The molecule has 2 aliphatic heterocycles. The van der Waals surface area contributed by atoms with Crippen LogP contribution in [0.4, 0.5) is 5.69 Å². The minimum absolute atomic E-state index is 0.200. The highest BCUT2D eigenvalue weighted by Crippen LogP contribution is 2.28. The highest BCUT2D eigenvalue weighted by molar-refractivity contribution is 7.09. The predicted octanol–water partition coefficient (Wildman–Crippen LogP) is 3.10. The molecule has 2 aromatic rings. The van der Waals surface area contributed by atoms with Gasteiger partial charge in [-0.05, 0) is 25.0 Å². The van der Waals surface area contributed by atoms with Gasteiger partial charge in [-0.15, -0.1) is 11.3 Å². The maximum absolute atomic E-state index is 11.9. The number of carbonyl (C=O) groups excluding carboxylic acids is 2. The van der Waals surface area contributed by atoms with Gasteiger partial charge in [-0.3, -0.25) is 9.59 Å². The van der Waals surface area contributed by atoms with Crippen LogP contribution in [0.3, 0.4) is 0 Å². The van der Waals surface area contributed by atoms with E-state index in [1.807, 2.05) is 34.1 Å². The molecule has 1 aromatic carbocycles. The fourth-order valence-corrected chi connectivity index (χ4v) is 4.28. The number of rotatable bonds is 5. The van der Waals surface area contributed by atoms with Crippen molar-refractivity contribution in [2.24, 2.45) is 0 Å². The first-order valence-electron chi connectivity index (χ1n) is 8.84. The Bertz CT molecular complexity index is 801. The Hall–Kier alpha value is -2.21. The first-order chi connectivity index (χ1) is 12.2. The molecule has 0 radical (unpaired) electrons. The molecule has 0 spiro atoms. The van der Waals surface area contributed by atoms with E-state index in [0.29, 0.717) is 12.8 Å². The van der Waals surface area contributed by atoms with Crippen LogP contribution in [0, 0.1) is 0 Å². The molecular formula is C19H21N3O2S. The van der Waals surface area contributed by atoms with Crippen LogP contribution in [0.1, 0.15) is 30.7 Å². The van der Waals surface area contributed by atoms with Gasteiger partial charge in [0.25, 0.3) is 0 Å². The zero-order valence-electron chi connectivity index (χ0n) is 14.1. The van der Waals surface area contributed by atoms with E-state index in [4.69, 9.17) is 4.98 Å². The van der Waals surface area contributed by atoms with Crippen molar-refractivity contribution >= 4 is 28.8 Å². The molecule has 0 saturated carbocycles. The van der Waals surface area contributed by atoms with Crippen LogP contribution in [-0.4, -0.2) is 41.3 Å². The van der Waals surface area contributed by atoms with E-state index in [-0.39, 0.29) is 11.8 Å². The topological polar surface area (TPSA) is 53.5 Å². The van der Waals surface area contributed by atoms with Crippen molar-refractivity contribution in [3.63, 3.8) is 0 Å². The Kier molecular flexibility index (Phi) is 4.53. The molecule has 4 rings (SSSR count). The Balaban J connectivity index is 1.46. The smallest absolute Gasteiger partial charge is 0.227 e. The average Bonchev–Trinajstić information content (AvgIpc) is 3.34. The van der Waals surface area contributed by atoms with Gasteiger partial charge in [-0.25, -0.2) is 4.98 Å². The lowest BCUT2D eigenvalue weighted by Crippen LogP contribution is -2.26. The molecule has 2 fully saturated rings. The number of nitrogens with zero attached hydrogens (tertiary/aromatic N) is 3. The Labute approximate surface area is 151 Å². The lowest BCUT2D eigenvalue weighted by molar-refractivity contribution is -0.127. The molecule has 2 amide bonds. The number of hydrogen-bond donors (Lipinski definition) is 0. The first-order valence-corrected chi connectivity index (χ1v) is 9.72. The summed E-state index contributed by atoms with van der Waals surface area (Å²) < 4.78 is 0. The van der Waals surface area contributed by atoms with E-state index < -0.39 is 0 Å². The largest absolute Gasteiger partial charge is 0.342 e. The molecule has 2 aliphatic rings. The molecule has 25 heavy (non-hydrogen) atoms. The Morgan fingerprint density at radius 1 is 1.08 bits per heavy atom. The van der Waals surface area contributed by atoms with Crippen LogP contribution < -0.4 is 4.90 Å². The number of thiazole rings is 1. The molecule has 3 heterocycles. The van der Waals surface area contributed by atoms with E-state index in [1.165, 1.54) is 0 Å². The third-order valence-corrected chi connectivity index (χ3v) is 5.75. The molecule has 5 nitrogen and oxygen atoms in total. The van der Waals surface area contributed by atoms with Gasteiger partial charge >= 0.3 is 0 Å². The van der Waals surface area contributed by atoms with E-state index in [9.17, 15) is 9.59 Å². The number of anilines is 1. The van der Waals surface area contributed by atoms with Crippen molar-refractivity contribution in [2.75, 3.05) is 24.5 Å². The van der Waals surface area contributed by atoms with Crippen LogP contribution in [0.25, 0.3) is 11.3 Å². The summed E-state index contributed by atoms with van der Waals surface area (Å²) in [5.41, 5.74) is 2.94. The SMILES string of the molecule is O=C1CCCN1CCc1nc(-c2cccc(N3CCCC3=O)c2)cs1. The molecule has 130 valence electrons. The van der Waals surface area contributed by atoms with Crippen LogP contribution in [0.15, 0.2) is 29.6 Å². The Morgan fingerprint density at radius 3 is 2.68 bits per heavy atom. The van der Waals surface area contributed by atoms with Crippen LogP contribution in [-0.2, 0) is 16.0 Å². The molecule has 0 N–H and O–H groups in total. The second-order valence-corrected chi connectivity index (χ2v) is 7.50. The molecule has 1 aromatic heterocycles. The summed E-state index contributed by atoms with van der Waals surface area (Å²) in [4.78, 5) is 32.2. The number of aromatic nitrogens is 1. The molecular weight excluding hydrogens is 334 g/mol. The summed E-state index contributed by atoms with van der Waals surface area (Å²) in [5.74, 6) is 0.464. The summed E-state index contributed by atoms with van der Waals surface area (Å²) in [6, 6.07) is 8.05. The van der Waals surface area contributed by atoms with Crippen molar-refractivity contribution in [3.8, 4) is 11.3 Å². The van der Waals surface area contributed by atoms with Crippen molar-refractivity contribution in [2.45, 2.75) is 32.1 Å². The summed E-state index contributed by atoms with van der Waals surface area (Å²) in [6.07, 6.45) is 4.04. The van der Waals surface area contributed by atoms with Crippen molar-refractivity contribution in [3.05, 3.63) is 34.7 Å². The monoisotopic (exact) mass is 355 g/mol. The Morgan fingerprint density at radius 2 is 1.92 bits per heavy atom. The number of likely N-dealkylation sites (tertiary alicyclic amines) is 1. The summed E-state index contributed by atoms with van der Waals surface area (Å²) in [6.45, 7) is 2.44. The quantitative estimate of drug-likeness (QED) is 0.828. The van der Waals surface area contributed by atoms with Gasteiger partial charge in [-0.2, -0.15) is 0 Å². The van der Waals surface area contributed by atoms with Crippen molar-refractivity contribution in [1.29, 1.82) is 0 Å². The van der Waals surface area contributed by atoms with Crippen LogP contribution >= 0.6 is 11.3 Å². The van der Waals surface area contributed by atoms with Crippen molar-refractivity contribution < 1.29 is 9.59 Å². The highest BCUT2D eigenvalue weighted by Gasteiger charge is 2.22. The van der Waals surface area contributed by atoms with E-state index in [1.54, 1.807) is 11.3 Å². The van der Waals surface area contributed by atoms with Gasteiger partial charge in [-0.1, -0.05) is 12.1 Å². The highest BCUT2D eigenvalue weighted by atomic mass is 32.1. The minimum Gasteiger partial charge on any atom is -0.342 e. The van der Waals surface area contributed by atoms with Gasteiger partial charge in [0.1, 0.15) is 0 Å². The maximum Gasteiger partial charge on any atom is 0.227 e. The van der Waals surface area contributed by atoms with Gasteiger partial charge in [0.15, 0.2) is 0 Å². The fraction of sp³-hybridized carbons (Fsp3) is 0.421. The van der Waals surface area contributed by atoms with Gasteiger partial charge < -0.3 is 9.80 Å². The average molecular weight is 355 g/mol. The predicted molar refractivity (Wildman–Crippen MR) is 98.7 cm³/mol. The van der Waals surface area contributed by atoms with E-state index in [2.05, 4.69) is 5.38 Å². The summed E-state index contributed by atoms with van der Waals surface area (Å²) in [7, 11) is 0. The van der Waals surface area contributed by atoms with E-state index >= 15 is 0 Å². The normalized spacial score (nSPS) is 17.8. The third kappa shape index (κ3) is 3.44. The molecule has 0 unspecified atom stereocenters. The molecule has 0 bridgehead atoms. The first kappa shape index (κ1) is 16.3. The fourth-order valence-electron chi connectivity index (χ4n) is 3.48. The number of hydrogen-bond acceptors (Lipinski definition) is 4. The van der Waals surface area contributed by atoms with Crippen molar-refractivity contribution in [1.82, 2.24) is 9.88 Å². The standard InChI is InChI=1S/C19H21N3O2S/c23-18-6-2-9-21(18)11-8-17-20-16(13-25-17)14-4-1-5-15(12-14)22-10-3-7-19(22)24/h1,4-5,12-13H,2-3,6-11H2. The maximum atomic E-state index is 11.9. The third-order valence-electron chi connectivity index (χ3n) is 4.85.